The van der Waals surface area contributed by atoms with E-state index in [1.54, 1.807) is 0 Å². The van der Waals surface area contributed by atoms with Crippen LogP contribution in [0.4, 0.5) is 0 Å². The SMILES string of the molecule is CCC(CC1CC1)NCCN(CC)CC. The Hall–Kier alpha value is -0.0800. The van der Waals surface area contributed by atoms with Crippen molar-refractivity contribution in [2.24, 2.45) is 5.92 Å². The Morgan fingerprint density at radius 2 is 1.87 bits per heavy atom. The van der Waals surface area contributed by atoms with Gasteiger partial charge in [-0.25, -0.2) is 0 Å². The third-order valence-corrected chi connectivity index (χ3v) is 3.56. The van der Waals surface area contributed by atoms with Crippen molar-refractivity contribution in [1.82, 2.24) is 10.2 Å². The fourth-order valence-corrected chi connectivity index (χ4v) is 2.12. The average Bonchev–Trinajstić information content (AvgIpc) is 3.06. The standard InChI is InChI=1S/C13H28N2/c1-4-13(11-12-7-8-12)14-9-10-15(5-2)6-3/h12-14H,4-11H2,1-3H3. The molecule has 0 bridgehead atoms. The molecule has 0 aromatic heterocycles. The van der Waals surface area contributed by atoms with Gasteiger partial charge in [-0.15, -0.1) is 0 Å². The van der Waals surface area contributed by atoms with E-state index in [9.17, 15) is 0 Å². The summed E-state index contributed by atoms with van der Waals surface area (Å²) in [6.45, 7) is 11.5. The molecular weight excluding hydrogens is 184 g/mol. The van der Waals surface area contributed by atoms with E-state index in [0.29, 0.717) is 0 Å². The smallest absolute Gasteiger partial charge is 0.0107 e. The summed E-state index contributed by atoms with van der Waals surface area (Å²) in [5.41, 5.74) is 0. The molecule has 2 nitrogen and oxygen atoms in total. The molecule has 0 aromatic rings. The van der Waals surface area contributed by atoms with Crippen molar-refractivity contribution < 1.29 is 0 Å². The van der Waals surface area contributed by atoms with Crippen LogP contribution in [0, 0.1) is 5.92 Å². The van der Waals surface area contributed by atoms with Crippen LogP contribution in [0.2, 0.25) is 0 Å². The Kier molecular flexibility index (Phi) is 6.26. The van der Waals surface area contributed by atoms with Gasteiger partial charge in [-0.1, -0.05) is 33.6 Å². The second-order valence-electron chi connectivity index (χ2n) is 4.77. The maximum atomic E-state index is 3.70. The van der Waals surface area contributed by atoms with Crippen molar-refractivity contribution in [3.8, 4) is 0 Å². The molecule has 2 heteroatoms. The monoisotopic (exact) mass is 212 g/mol. The zero-order chi connectivity index (χ0) is 11.1. The van der Waals surface area contributed by atoms with Crippen molar-refractivity contribution in [2.75, 3.05) is 26.2 Å². The number of hydrogen-bond acceptors (Lipinski definition) is 2. The Morgan fingerprint density at radius 3 is 2.33 bits per heavy atom. The van der Waals surface area contributed by atoms with E-state index in [2.05, 4.69) is 31.0 Å². The lowest BCUT2D eigenvalue weighted by atomic mass is 10.1. The largest absolute Gasteiger partial charge is 0.313 e. The fourth-order valence-electron chi connectivity index (χ4n) is 2.12. The molecule has 0 aliphatic heterocycles. The molecule has 0 amide bonds. The predicted octanol–water partition coefficient (Wildman–Crippen LogP) is 2.50. The molecule has 1 atom stereocenters. The molecule has 1 aliphatic rings. The zero-order valence-electron chi connectivity index (χ0n) is 10.8. The summed E-state index contributed by atoms with van der Waals surface area (Å²) in [6.07, 6.45) is 5.66. The summed E-state index contributed by atoms with van der Waals surface area (Å²) in [5, 5.41) is 3.70. The Morgan fingerprint density at radius 1 is 1.20 bits per heavy atom. The maximum absolute atomic E-state index is 3.70. The summed E-state index contributed by atoms with van der Waals surface area (Å²) < 4.78 is 0. The van der Waals surface area contributed by atoms with E-state index in [1.807, 2.05) is 0 Å². The van der Waals surface area contributed by atoms with Gasteiger partial charge in [0.1, 0.15) is 0 Å². The maximum Gasteiger partial charge on any atom is 0.0107 e. The van der Waals surface area contributed by atoms with E-state index in [0.717, 1.165) is 18.5 Å². The molecule has 1 N–H and O–H groups in total. The second-order valence-corrected chi connectivity index (χ2v) is 4.77. The minimum absolute atomic E-state index is 0.771. The predicted molar refractivity (Wildman–Crippen MR) is 67.2 cm³/mol. The first-order valence-electron chi connectivity index (χ1n) is 6.75. The fraction of sp³-hybridized carbons (Fsp3) is 1.00. The van der Waals surface area contributed by atoms with Gasteiger partial charge < -0.3 is 10.2 Å². The van der Waals surface area contributed by atoms with Crippen LogP contribution in [-0.2, 0) is 0 Å². The molecule has 90 valence electrons. The zero-order valence-corrected chi connectivity index (χ0v) is 10.8. The Balaban J connectivity index is 2.04. The molecule has 1 saturated carbocycles. The van der Waals surface area contributed by atoms with Gasteiger partial charge in [-0.2, -0.15) is 0 Å². The molecule has 1 fully saturated rings. The third kappa shape index (κ3) is 5.53. The molecule has 1 aliphatic carbocycles. The van der Waals surface area contributed by atoms with Crippen LogP contribution >= 0.6 is 0 Å². The molecule has 0 heterocycles. The first-order chi connectivity index (χ1) is 7.30. The number of rotatable bonds is 9. The van der Waals surface area contributed by atoms with E-state index in [1.165, 1.54) is 45.3 Å². The van der Waals surface area contributed by atoms with Crippen LogP contribution in [-0.4, -0.2) is 37.1 Å². The molecule has 0 spiro atoms. The minimum Gasteiger partial charge on any atom is -0.313 e. The normalized spacial score (nSPS) is 18.4. The van der Waals surface area contributed by atoms with E-state index in [-0.39, 0.29) is 0 Å². The molecular formula is C13H28N2. The van der Waals surface area contributed by atoms with Gasteiger partial charge in [0.15, 0.2) is 0 Å². The van der Waals surface area contributed by atoms with Crippen molar-refractivity contribution in [1.29, 1.82) is 0 Å². The number of nitrogens with zero attached hydrogens (tertiary/aromatic N) is 1. The van der Waals surface area contributed by atoms with Gasteiger partial charge in [0.25, 0.3) is 0 Å². The van der Waals surface area contributed by atoms with Crippen LogP contribution < -0.4 is 5.32 Å². The summed E-state index contributed by atoms with van der Waals surface area (Å²) in [5.74, 6) is 1.05. The molecule has 0 saturated heterocycles. The van der Waals surface area contributed by atoms with Crippen LogP contribution in [0.5, 0.6) is 0 Å². The first-order valence-corrected chi connectivity index (χ1v) is 6.75. The van der Waals surface area contributed by atoms with Crippen LogP contribution in [0.15, 0.2) is 0 Å². The number of hydrogen-bond donors (Lipinski definition) is 1. The summed E-state index contributed by atoms with van der Waals surface area (Å²) >= 11 is 0. The van der Waals surface area contributed by atoms with Gasteiger partial charge in [-0.05, 0) is 31.8 Å². The van der Waals surface area contributed by atoms with Gasteiger partial charge in [0.05, 0.1) is 0 Å². The lowest BCUT2D eigenvalue weighted by molar-refractivity contribution is 0.292. The Bertz CT molecular complexity index is 151. The highest BCUT2D eigenvalue weighted by Gasteiger charge is 2.24. The quantitative estimate of drug-likeness (QED) is 0.632. The molecule has 1 rings (SSSR count). The van der Waals surface area contributed by atoms with Gasteiger partial charge in [0, 0.05) is 19.1 Å². The Labute approximate surface area is 95.4 Å². The number of nitrogens with one attached hydrogen (secondary N) is 1. The summed E-state index contributed by atoms with van der Waals surface area (Å²) in [6, 6.07) is 0.771. The first kappa shape index (κ1) is 13.0. The van der Waals surface area contributed by atoms with Gasteiger partial charge in [-0.3, -0.25) is 0 Å². The third-order valence-electron chi connectivity index (χ3n) is 3.56. The highest BCUT2D eigenvalue weighted by Crippen LogP contribution is 2.33. The van der Waals surface area contributed by atoms with E-state index in [4.69, 9.17) is 0 Å². The van der Waals surface area contributed by atoms with Crippen LogP contribution in [0.3, 0.4) is 0 Å². The lowest BCUT2D eigenvalue weighted by Gasteiger charge is -2.21. The van der Waals surface area contributed by atoms with Crippen molar-refractivity contribution in [2.45, 2.75) is 52.5 Å². The highest BCUT2D eigenvalue weighted by atomic mass is 15.1. The average molecular weight is 212 g/mol. The lowest BCUT2D eigenvalue weighted by Crippen LogP contribution is -2.37. The molecule has 1 unspecified atom stereocenters. The molecule has 0 radical (unpaired) electrons. The van der Waals surface area contributed by atoms with Crippen LogP contribution in [0.1, 0.15) is 46.5 Å². The van der Waals surface area contributed by atoms with Crippen molar-refractivity contribution >= 4 is 0 Å². The molecule has 15 heavy (non-hydrogen) atoms. The van der Waals surface area contributed by atoms with Crippen molar-refractivity contribution in [3.05, 3.63) is 0 Å². The summed E-state index contributed by atoms with van der Waals surface area (Å²) in [4.78, 5) is 2.48. The second kappa shape index (κ2) is 7.24. The van der Waals surface area contributed by atoms with Crippen LogP contribution in [0.25, 0.3) is 0 Å². The summed E-state index contributed by atoms with van der Waals surface area (Å²) in [7, 11) is 0. The highest BCUT2D eigenvalue weighted by molar-refractivity contribution is 4.79. The van der Waals surface area contributed by atoms with E-state index < -0.39 is 0 Å². The van der Waals surface area contributed by atoms with Crippen molar-refractivity contribution in [3.63, 3.8) is 0 Å². The molecule has 0 aromatic carbocycles. The van der Waals surface area contributed by atoms with Gasteiger partial charge in [0.2, 0.25) is 0 Å². The topological polar surface area (TPSA) is 15.3 Å². The number of likely N-dealkylation sites (N-methyl/N-ethyl adjacent to an activating group) is 1. The van der Waals surface area contributed by atoms with E-state index >= 15 is 0 Å². The van der Waals surface area contributed by atoms with Gasteiger partial charge >= 0.3 is 0 Å². The minimum atomic E-state index is 0.771.